The summed E-state index contributed by atoms with van der Waals surface area (Å²) >= 11 is 11.8. The quantitative estimate of drug-likeness (QED) is 0.326. The Kier molecular flexibility index (Phi) is 6.42. The zero-order valence-electron chi connectivity index (χ0n) is 19.0. The molecule has 0 amide bonds. The molecular weight excluding hydrogens is 521 g/mol. The van der Waals surface area contributed by atoms with Crippen LogP contribution in [-0.4, -0.2) is 29.3 Å². The second-order valence-corrected chi connectivity index (χ2v) is 10.9. The molecule has 2 aromatic carbocycles. The van der Waals surface area contributed by atoms with Crippen LogP contribution in [0.15, 0.2) is 85.2 Å². The lowest BCUT2D eigenvalue weighted by Crippen LogP contribution is -2.30. The summed E-state index contributed by atoms with van der Waals surface area (Å²) in [5.74, 6) is -0.492. The third-order valence-corrected chi connectivity index (χ3v) is 7.02. The molecule has 0 unspecified atom stereocenters. The van der Waals surface area contributed by atoms with Gasteiger partial charge in [0.1, 0.15) is 11.9 Å². The van der Waals surface area contributed by atoms with Crippen molar-refractivity contribution in [1.29, 1.82) is 0 Å². The number of nitrogens with one attached hydrogen (secondary N) is 2. The van der Waals surface area contributed by atoms with Crippen molar-refractivity contribution in [3.8, 4) is 5.69 Å². The van der Waals surface area contributed by atoms with Crippen LogP contribution >= 0.6 is 23.8 Å². The first kappa shape index (κ1) is 24.2. The highest BCUT2D eigenvalue weighted by atomic mass is 35.5. The molecule has 0 aliphatic carbocycles. The Labute approximate surface area is 218 Å². The molecule has 0 saturated carbocycles. The zero-order chi connectivity index (χ0) is 25.4. The first-order valence-corrected chi connectivity index (χ1v) is 13.6. The number of pyridine rings is 1. The van der Waals surface area contributed by atoms with E-state index in [0.717, 1.165) is 23.3 Å². The molecule has 0 radical (unpaired) electrons. The number of benzene rings is 2. The fourth-order valence-corrected chi connectivity index (χ4v) is 5.43. The molecule has 4 aromatic rings. The van der Waals surface area contributed by atoms with Crippen LogP contribution in [0.4, 0.5) is 15.8 Å². The largest absolute Gasteiger partial charge is 0.351 e. The fourth-order valence-electron chi connectivity index (χ4n) is 4.34. The van der Waals surface area contributed by atoms with Gasteiger partial charge in [0.15, 0.2) is 5.11 Å². The lowest BCUT2D eigenvalue weighted by molar-refractivity contribution is 0.549. The molecule has 3 heterocycles. The zero-order valence-corrected chi connectivity index (χ0v) is 21.4. The van der Waals surface area contributed by atoms with Gasteiger partial charge in [-0.3, -0.25) is 9.71 Å². The van der Waals surface area contributed by atoms with Gasteiger partial charge in [0.25, 0.3) is 0 Å². The van der Waals surface area contributed by atoms with Crippen molar-refractivity contribution >= 4 is 50.3 Å². The molecule has 5 rings (SSSR count). The van der Waals surface area contributed by atoms with E-state index < -0.39 is 15.8 Å². The number of rotatable bonds is 6. The molecule has 0 bridgehead atoms. The number of sulfonamides is 1. The van der Waals surface area contributed by atoms with E-state index in [1.165, 1.54) is 6.07 Å². The summed E-state index contributed by atoms with van der Waals surface area (Å²) in [6.07, 6.45) is 4.71. The van der Waals surface area contributed by atoms with Gasteiger partial charge in [0, 0.05) is 35.1 Å². The van der Waals surface area contributed by atoms with Gasteiger partial charge in [-0.1, -0.05) is 17.7 Å². The van der Waals surface area contributed by atoms with Crippen LogP contribution in [0.5, 0.6) is 0 Å². The van der Waals surface area contributed by atoms with Crippen molar-refractivity contribution in [2.45, 2.75) is 12.1 Å². The second kappa shape index (κ2) is 9.53. The molecule has 184 valence electrons. The topological polar surface area (TPSA) is 79.3 Å². The number of anilines is 2. The first-order valence-electron chi connectivity index (χ1n) is 10.9. The summed E-state index contributed by atoms with van der Waals surface area (Å²) in [5, 5.41) is 3.91. The Hall–Kier alpha value is -3.47. The smallest absolute Gasteiger partial charge is 0.229 e. The molecule has 36 heavy (non-hydrogen) atoms. The molecule has 0 spiro atoms. The molecule has 1 aliphatic rings. The number of aromatic nitrogens is 2. The number of halogens is 2. The third-order valence-electron chi connectivity index (χ3n) is 5.81. The maximum Gasteiger partial charge on any atom is 0.229 e. The summed E-state index contributed by atoms with van der Waals surface area (Å²) in [6, 6.07) is 20.5. The summed E-state index contributed by atoms with van der Waals surface area (Å²) in [7, 11) is -3.40. The minimum absolute atomic E-state index is 0.0271. The van der Waals surface area contributed by atoms with Gasteiger partial charge < -0.3 is 14.8 Å². The normalized spacial score (nSPS) is 17.8. The fraction of sp³-hybridized carbons (Fsp3) is 0.120. The Morgan fingerprint density at radius 1 is 1.06 bits per heavy atom. The van der Waals surface area contributed by atoms with Gasteiger partial charge in [-0.15, -0.1) is 0 Å². The van der Waals surface area contributed by atoms with Crippen LogP contribution in [0.2, 0.25) is 5.02 Å². The maximum atomic E-state index is 13.9. The van der Waals surface area contributed by atoms with Gasteiger partial charge in [-0.2, -0.15) is 0 Å². The Balaban J connectivity index is 1.61. The van der Waals surface area contributed by atoms with Crippen molar-refractivity contribution in [1.82, 2.24) is 14.9 Å². The molecule has 7 nitrogen and oxygen atoms in total. The van der Waals surface area contributed by atoms with Crippen molar-refractivity contribution < 1.29 is 12.8 Å². The first-order chi connectivity index (χ1) is 17.2. The van der Waals surface area contributed by atoms with Crippen LogP contribution < -0.4 is 14.9 Å². The van der Waals surface area contributed by atoms with Crippen molar-refractivity contribution in [2.75, 3.05) is 15.9 Å². The van der Waals surface area contributed by atoms with Gasteiger partial charge >= 0.3 is 0 Å². The summed E-state index contributed by atoms with van der Waals surface area (Å²) in [4.78, 5) is 6.53. The molecular formula is C25H21ClFN5O2S2. The van der Waals surface area contributed by atoms with E-state index in [4.69, 9.17) is 23.8 Å². The minimum Gasteiger partial charge on any atom is -0.351 e. The summed E-state index contributed by atoms with van der Waals surface area (Å²) in [5.41, 5.74) is 3.58. The highest BCUT2D eigenvalue weighted by molar-refractivity contribution is 7.92. The van der Waals surface area contributed by atoms with Crippen molar-refractivity contribution in [2.24, 2.45) is 0 Å². The van der Waals surface area contributed by atoms with Crippen LogP contribution in [0.3, 0.4) is 0 Å². The van der Waals surface area contributed by atoms with Crippen LogP contribution in [0, 0.1) is 5.82 Å². The number of thiocarbonyl (C=S) groups is 1. The predicted molar refractivity (Wildman–Crippen MR) is 144 cm³/mol. The number of hydrogen-bond acceptors (Lipinski definition) is 4. The lowest BCUT2D eigenvalue weighted by Gasteiger charge is -2.29. The van der Waals surface area contributed by atoms with Crippen LogP contribution in [0.1, 0.15) is 23.5 Å². The third kappa shape index (κ3) is 4.79. The van der Waals surface area contributed by atoms with E-state index >= 15 is 0 Å². The number of hydrogen-bond donors (Lipinski definition) is 2. The van der Waals surface area contributed by atoms with Crippen LogP contribution in [-0.2, 0) is 10.0 Å². The second-order valence-electron chi connectivity index (χ2n) is 8.32. The standard InChI is InChI=1S/C25H21ClFN5O2S2/c1-36(33,34)30-16-7-9-17(10-8-16)32-24(23(29-25(32)35)21-5-2-3-13-28-21)22-6-4-14-31(22)18-11-12-20(27)19(26)15-18/h2-15,23-24,30H,1H3,(H,29,35)/t23-,24+/m1/s1. The minimum atomic E-state index is -3.40. The van der Waals surface area contributed by atoms with Crippen LogP contribution in [0.25, 0.3) is 5.69 Å². The lowest BCUT2D eigenvalue weighted by atomic mass is 10.0. The predicted octanol–water partition coefficient (Wildman–Crippen LogP) is 5.21. The van der Waals surface area contributed by atoms with Crippen molar-refractivity contribution in [3.05, 3.63) is 107 Å². The average molecular weight is 542 g/mol. The molecule has 1 aliphatic heterocycles. The van der Waals surface area contributed by atoms with E-state index in [0.29, 0.717) is 16.5 Å². The molecule has 1 fully saturated rings. The molecule has 11 heteroatoms. The number of nitrogens with zero attached hydrogens (tertiary/aromatic N) is 3. The highest BCUT2D eigenvalue weighted by Gasteiger charge is 2.42. The average Bonchev–Trinajstić information content (AvgIpc) is 3.45. The van der Waals surface area contributed by atoms with Gasteiger partial charge in [0.05, 0.1) is 23.0 Å². The monoisotopic (exact) mass is 541 g/mol. The Bertz CT molecular complexity index is 1530. The Morgan fingerprint density at radius 2 is 1.81 bits per heavy atom. The highest BCUT2D eigenvalue weighted by Crippen LogP contribution is 2.42. The van der Waals surface area contributed by atoms with Crippen molar-refractivity contribution in [3.63, 3.8) is 0 Å². The maximum absolute atomic E-state index is 13.9. The van der Waals surface area contributed by atoms with E-state index in [-0.39, 0.29) is 17.1 Å². The molecule has 2 atom stereocenters. The molecule has 2 N–H and O–H groups in total. The van der Waals surface area contributed by atoms with E-state index in [9.17, 15) is 12.8 Å². The summed E-state index contributed by atoms with van der Waals surface area (Å²) < 4.78 is 41.5. The van der Waals surface area contributed by atoms with Gasteiger partial charge in [-0.25, -0.2) is 12.8 Å². The Morgan fingerprint density at radius 3 is 2.47 bits per heavy atom. The molecule has 1 saturated heterocycles. The van der Waals surface area contributed by atoms with E-state index in [2.05, 4.69) is 15.0 Å². The summed E-state index contributed by atoms with van der Waals surface area (Å²) in [6.45, 7) is 0. The van der Waals surface area contributed by atoms with E-state index in [1.54, 1.807) is 42.6 Å². The van der Waals surface area contributed by atoms with Gasteiger partial charge in [-0.05, 0) is 78.9 Å². The SMILES string of the molecule is CS(=O)(=O)Nc1ccc(N2C(=S)N[C@H](c3ccccn3)[C@@H]2c2cccn2-c2ccc(F)c(Cl)c2)cc1. The van der Waals surface area contributed by atoms with Gasteiger partial charge in [0.2, 0.25) is 10.0 Å². The molecule has 2 aromatic heterocycles. The van der Waals surface area contributed by atoms with E-state index in [1.807, 2.05) is 46.0 Å².